The van der Waals surface area contributed by atoms with E-state index in [4.69, 9.17) is 4.74 Å². The normalized spacial score (nSPS) is 10.8. The number of guanidine groups is 1. The van der Waals surface area contributed by atoms with Gasteiger partial charge in [-0.05, 0) is 17.7 Å². The monoisotopic (exact) mass is 415 g/mol. The van der Waals surface area contributed by atoms with E-state index in [2.05, 4.69) is 20.7 Å². The van der Waals surface area contributed by atoms with Crippen LogP contribution < -0.4 is 15.4 Å². The number of aromatic nitrogens is 2. The van der Waals surface area contributed by atoms with E-state index >= 15 is 0 Å². The molecule has 7 heteroatoms. The van der Waals surface area contributed by atoms with Gasteiger partial charge < -0.3 is 15.4 Å². The van der Waals surface area contributed by atoms with Crippen LogP contribution in [0.5, 0.6) is 5.75 Å². The van der Waals surface area contributed by atoms with Gasteiger partial charge in [0.2, 0.25) is 0 Å². The van der Waals surface area contributed by atoms with Gasteiger partial charge in [0.15, 0.2) is 5.96 Å². The molecule has 0 saturated heterocycles. The fourth-order valence-corrected chi connectivity index (χ4v) is 1.94. The molecule has 1 aromatic carbocycles. The van der Waals surface area contributed by atoms with Crippen molar-refractivity contribution in [3.8, 4) is 5.75 Å². The second kappa shape index (κ2) is 9.29. The third-order valence-electron chi connectivity index (χ3n) is 3.04. The number of hydrogen-bond acceptors (Lipinski definition) is 3. The highest BCUT2D eigenvalue weighted by atomic mass is 127. The topological polar surface area (TPSA) is 63.5 Å². The molecule has 0 bridgehead atoms. The summed E-state index contributed by atoms with van der Waals surface area (Å²) in [5, 5.41) is 10.7. The van der Waals surface area contributed by atoms with Gasteiger partial charge in [0.25, 0.3) is 0 Å². The summed E-state index contributed by atoms with van der Waals surface area (Å²) in [5.41, 5.74) is 2.25. The molecule has 120 valence electrons. The van der Waals surface area contributed by atoms with E-state index in [1.54, 1.807) is 18.8 Å². The highest BCUT2D eigenvalue weighted by Gasteiger charge is 2.01. The summed E-state index contributed by atoms with van der Waals surface area (Å²) in [5.74, 6) is 1.61. The van der Waals surface area contributed by atoms with Crippen LogP contribution in [0.25, 0.3) is 0 Å². The van der Waals surface area contributed by atoms with E-state index in [1.807, 2.05) is 43.7 Å². The van der Waals surface area contributed by atoms with Crippen molar-refractivity contribution >= 4 is 29.9 Å². The number of methoxy groups -OCH3 is 1. The first kappa shape index (κ1) is 18.3. The van der Waals surface area contributed by atoms with Gasteiger partial charge in [0, 0.05) is 38.9 Å². The van der Waals surface area contributed by atoms with Gasteiger partial charge in [-0.25, -0.2) is 0 Å². The SMILES string of the molecule is CN=C(NCc1cccc(OC)c1)NCc1cnn(C)c1.I. The molecule has 0 atom stereocenters. The van der Waals surface area contributed by atoms with E-state index in [1.165, 1.54) is 0 Å². The number of benzene rings is 1. The Hall–Kier alpha value is -1.77. The highest BCUT2D eigenvalue weighted by molar-refractivity contribution is 14.0. The Morgan fingerprint density at radius 3 is 2.59 bits per heavy atom. The second-order valence-corrected chi connectivity index (χ2v) is 4.65. The number of nitrogens with zero attached hydrogens (tertiary/aromatic N) is 3. The van der Waals surface area contributed by atoms with Crippen molar-refractivity contribution in [1.82, 2.24) is 20.4 Å². The first-order valence-electron chi connectivity index (χ1n) is 6.76. The van der Waals surface area contributed by atoms with Gasteiger partial charge in [0.05, 0.1) is 13.3 Å². The standard InChI is InChI=1S/C15H21N5O.HI/c1-16-15(18-9-13-10-19-20(2)11-13)17-8-12-5-4-6-14(7-12)21-3;/h4-7,10-11H,8-9H2,1-3H3,(H2,16,17,18);1H. The number of aryl methyl sites for hydroxylation is 1. The zero-order valence-corrected chi connectivity index (χ0v) is 15.4. The summed E-state index contributed by atoms with van der Waals surface area (Å²) >= 11 is 0. The maximum Gasteiger partial charge on any atom is 0.191 e. The van der Waals surface area contributed by atoms with Crippen molar-refractivity contribution in [3.05, 3.63) is 47.8 Å². The molecule has 0 amide bonds. The number of hydrogen-bond donors (Lipinski definition) is 2. The lowest BCUT2D eigenvalue weighted by atomic mass is 10.2. The van der Waals surface area contributed by atoms with Crippen LogP contribution in [0.3, 0.4) is 0 Å². The molecule has 22 heavy (non-hydrogen) atoms. The van der Waals surface area contributed by atoms with Crippen LogP contribution >= 0.6 is 24.0 Å². The van der Waals surface area contributed by atoms with Gasteiger partial charge in [-0.1, -0.05) is 12.1 Å². The molecule has 0 radical (unpaired) electrons. The van der Waals surface area contributed by atoms with E-state index in [0.717, 1.165) is 22.8 Å². The third kappa shape index (κ3) is 5.55. The van der Waals surface area contributed by atoms with Crippen LogP contribution in [0.1, 0.15) is 11.1 Å². The summed E-state index contributed by atoms with van der Waals surface area (Å²) in [6.07, 6.45) is 3.81. The van der Waals surface area contributed by atoms with Crippen molar-refractivity contribution in [3.63, 3.8) is 0 Å². The van der Waals surface area contributed by atoms with Crippen LogP contribution in [0, 0.1) is 0 Å². The van der Waals surface area contributed by atoms with Crippen molar-refractivity contribution in [1.29, 1.82) is 0 Å². The molecular weight excluding hydrogens is 393 g/mol. The Morgan fingerprint density at radius 1 is 1.27 bits per heavy atom. The Kier molecular flexibility index (Phi) is 7.72. The van der Waals surface area contributed by atoms with E-state index in [0.29, 0.717) is 13.1 Å². The molecule has 0 saturated carbocycles. The number of halogens is 1. The van der Waals surface area contributed by atoms with Crippen molar-refractivity contribution < 1.29 is 4.74 Å². The van der Waals surface area contributed by atoms with Crippen molar-refractivity contribution in [2.24, 2.45) is 12.0 Å². The predicted molar refractivity (Wildman–Crippen MR) is 98.7 cm³/mol. The molecule has 1 aromatic heterocycles. The maximum atomic E-state index is 5.21. The molecular formula is C15H22IN5O. The van der Waals surface area contributed by atoms with Crippen molar-refractivity contribution in [2.45, 2.75) is 13.1 Å². The summed E-state index contributed by atoms with van der Waals surface area (Å²) in [6.45, 7) is 1.37. The lowest BCUT2D eigenvalue weighted by Gasteiger charge is -2.11. The quantitative estimate of drug-likeness (QED) is 0.445. The Bertz CT molecular complexity index is 611. The predicted octanol–water partition coefficient (Wildman–Crippen LogP) is 1.91. The Balaban J connectivity index is 0.00000242. The molecule has 0 spiro atoms. The molecule has 2 N–H and O–H groups in total. The summed E-state index contributed by atoms with van der Waals surface area (Å²) < 4.78 is 6.99. The van der Waals surface area contributed by atoms with E-state index in [9.17, 15) is 0 Å². The van der Waals surface area contributed by atoms with Gasteiger partial charge in [-0.2, -0.15) is 5.10 Å². The minimum Gasteiger partial charge on any atom is -0.497 e. The van der Waals surface area contributed by atoms with Crippen LogP contribution in [0.4, 0.5) is 0 Å². The molecule has 0 aliphatic rings. The maximum absolute atomic E-state index is 5.21. The molecule has 6 nitrogen and oxygen atoms in total. The van der Waals surface area contributed by atoms with Gasteiger partial charge in [0.1, 0.15) is 5.75 Å². The van der Waals surface area contributed by atoms with Gasteiger partial charge in [-0.3, -0.25) is 9.67 Å². The molecule has 0 fully saturated rings. The third-order valence-corrected chi connectivity index (χ3v) is 3.04. The fraction of sp³-hybridized carbons (Fsp3) is 0.333. The van der Waals surface area contributed by atoms with Gasteiger partial charge >= 0.3 is 0 Å². The first-order valence-corrected chi connectivity index (χ1v) is 6.76. The van der Waals surface area contributed by atoms with Crippen molar-refractivity contribution in [2.75, 3.05) is 14.2 Å². The first-order chi connectivity index (χ1) is 10.2. The second-order valence-electron chi connectivity index (χ2n) is 4.65. The number of rotatable bonds is 5. The number of aliphatic imine (C=N–C) groups is 1. The molecule has 1 heterocycles. The number of ether oxygens (including phenoxy) is 1. The minimum absolute atomic E-state index is 0. The van der Waals surface area contributed by atoms with E-state index < -0.39 is 0 Å². The molecule has 2 rings (SSSR count). The summed E-state index contributed by atoms with van der Waals surface area (Å²) in [4.78, 5) is 4.20. The minimum atomic E-state index is 0. The average Bonchev–Trinajstić information content (AvgIpc) is 2.93. The van der Waals surface area contributed by atoms with Crippen LogP contribution in [0.15, 0.2) is 41.7 Å². The average molecular weight is 415 g/mol. The Morgan fingerprint density at radius 2 is 2.00 bits per heavy atom. The smallest absolute Gasteiger partial charge is 0.191 e. The van der Waals surface area contributed by atoms with Gasteiger partial charge in [-0.15, -0.1) is 24.0 Å². The summed E-state index contributed by atoms with van der Waals surface area (Å²) in [7, 11) is 5.32. The largest absolute Gasteiger partial charge is 0.497 e. The zero-order valence-electron chi connectivity index (χ0n) is 13.0. The molecule has 2 aromatic rings. The lowest BCUT2D eigenvalue weighted by molar-refractivity contribution is 0.414. The molecule has 0 aliphatic heterocycles. The molecule has 0 aliphatic carbocycles. The molecule has 0 unspecified atom stereocenters. The lowest BCUT2D eigenvalue weighted by Crippen LogP contribution is -2.36. The zero-order chi connectivity index (χ0) is 15.1. The number of nitrogens with one attached hydrogen (secondary N) is 2. The fourth-order valence-electron chi connectivity index (χ4n) is 1.94. The highest BCUT2D eigenvalue weighted by Crippen LogP contribution is 2.11. The Labute approximate surface area is 148 Å². The summed E-state index contributed by atoms with van der Waals surface area (Å²) in [6, 6.07) is 7.95. The van der Waals surface area contributed by atoms with E-state index in [-0.39, 0.29) is 24.0 Å². The van der Waals surface area contributed by atoms with Crippen LogP contribution in [-0.4, -0.2) is 29.9 Å². The van der Waals surface area contributed by atoms with Crippen LogP contribution in [0.2, 0.25) is 0 Å². The van der Waals surface area contributed by atoms with Crippen LogP contribution in [-0.2, 0) is 20.1 Å².